The number of rotatable bonds is 6. The van der Waals surface area contributed by atoms with E-state index in [1.165, 1.54) is 38.4 Å². The van der Waals surface area contributed by atoms with Gasteiger partial charge in [-0.2, -0.15) is 4.31 Å². The van der Waals surface area contributed by atoms with Crippen LogP contribution in [0.25, 0.3) is 0 Å². The van der Waals surface area contributed by atoms with Gasteiger partial charge in [-0.25, -0.2) is 8.42 Å². The molecule has 1 aliphatic heterocycles. The monoisotopic (exact) mass is 523 g/mol. The molecular formula is C18H30IN5O3S. The molecule has 0 bridgehead atoms. The molecule has 2 aliphatic carbocycles. The minimum absolute atomic E-state index is 0. The molecule has 2 heterocycles. The number of guanidine groups is 1. The van der Waals surface area contributed by atoms with Crippen LogP contribution in [0.3, 0.4) is 0 Å². The molecule has 3 aliphatic rings. The first-order valence-corrected chi connectivity index (χ1v) is 11.5. The standard InChI is InChI=1S/C18H29N5O3S.HI/c1-19-17(20-14-18(6-2-7-18)15-3-4-15)22-8-10-23(11-9-22)27(24,25)13-16-5-12-26-21-16;/h5,12,15H,2-4,6-11,13-14H2,1H3,(H,19,20);1H. The summed E-state index contributed by atoms with van der Waals surface area (Å²) in [5, 5.41) is 7.29. The minimum Gasteiger partial charge on any atom is -0.364 e. The Labute approximate surface area is 184 Å². The van der Waals surface area contributed by atoms with Crippen molar-refractivity contribution in [3.8, 4) is 0 Å². The Morgan fingerprint density at radius 1 is 1.32 bits per heavy atom. The highest BCUT2D eigenvalue weighted by Gasteiger charge is 2.49. The number of halogens is 1. The topological polar surface area (TPSA) is 91.0 Å². The highest BCUT2D eigenvalue weighted by atomic mass is 127. The highest BCUT2D eigenvalue weighted by Crippen LogP contribution is 2.56. The third kappa shape index (κ3) is 4.64. The summed E-state index contributed by atoms with van der Waals surface area (Å²) in [4.78, 5) is 6.61. The fourth-order valence-corrected chi connectivity index (χ4v) is 5.84. The van der Waals surface area contributed by atoms with Gasteiger partial charge in [0.2, 0.25) is 10.0 Å². The summed E-state index contributed by atoms with van der Waals surface area (Å²) in [6.07, 6.45) is 8.16. The van der Waals surface area contributed by atoms with Crippen molar-refractivity contribution >= 4 is 40.0 Å². The van der Waals surface area contributed by atoms with Crippen molar-refractivity contribution in [1.82, 2.24) is 19.7 Å². The van der Waals surface area contributed by atoms with Gasteiger partial charge in [-0.15, -0.1) is 24.0 Å². The molecule has 1 aromatic rings. The first-order chi connectivity index (χ1) is 13.0. The molecule has 2 saturated carbocycles. The second-order valence-electron chi connectivity index (χ2n) is 8.02. The Morgan fingerprint density at radius 2 is 2.04 bits per heavy atom. The molecule has 158 valence electrons. The quantitative estimate of drug-likeness (QED) is 0.348. The summed E-state index contributed by atoms with van der Waals surface area (Å²) in [6, 6.07) is 1.59. The van der Waals surface area contributed by atoms with Crippen molar-refractivity contribution in [2.75, 3.05) is 39.8 Å². The van der Waals surface area contributed by atoms with E-state index in [9.17, 15) is 8.42 Å². The van der Waals surface area contributed by atoms with E-state index in [0.29, 0.717) is 37.3 Å². The lowest BCUT2D eigenvalue weighted by molar-refractivity contribution is 0.104. The molecule has 0 spiro atoms. The zero-order chi connectivity index (χ0) is 18.9. The molecule has 0 aromatic carbocycles. The summed E-state index contributed by atoms with van der Waals surface area (Å²) in [5.41, 5.74) is 0.930. The maximum Gasteiger partial charge on any atom is 0.220 e. The van der Waals surface area contributed by atoms with Crippen LogP contribution in [-0.2, 0) is 15.8 Å². The molecule has 0 unspecified atom stereocenters. The van der Waals surface area contributed by atoms with Crippen LogP contribution in [0.2, 0.25) is 0 Å². The van der Waals surface area contributed by atoms with E-state index in [4.69, 9.17) is 4.52 Å². The summed E-state index contributed by atoms with van der Waals surface area (Å²) in [5.74, 6) is 1.69. The van der Waals surface area contributed by atoms with Gasteiger partial charge >= 0.3 is 0 Å². The number of hydrogen-bond donors (Lipinski definition) is 1. The number of nitrogens with one attached hydrogen (secondary N) is 1. The molecule has 1 aromatic heterocycles. The average molecular weight is 523 g/mol. The van der Waals surface area contributed by atoms with Crippen LogP contribution >= 0.6 is 24.0 Å². The molecule has 3 fully saturated rings. The fourth-order valence-electron chi connectivity index (χ4n) is 4.41. The Bertz CT molecular complexity index is 767. The number of nitrogens with zero attached hydrogens (tertiary/aromatic N) is 4. The molecule has 10 heteroatoms. The predicted octanol–water partition coefficient (Wildman–Crippen LogP) is 1.90. The van der Waals surface area contributed by atoms with Crippen LogP contribution in [0.1, 0.15) is 37.8 Å². The van der Waals surface area contributed by atoms with E-state index in [1.807, 2.05) is 0 Å². The molecule has 4 rings (SSSR count). The van der Waals surface area contributed by atoms with Crippen molar-refractivity contribution in [3.63, 3.8) is 0 Å². The van der Waals surface area contributed by atoms with E-state index >= 15 is 0 Å². The second kappa shape index (κ2) is 8.86. The van der Waals surface area contributed by atoms with Crippen molar-refractivity contribution < 1.29 is 12.9 Å². The summed E-state index contributed by atoms with van der Waals surface area (Å²) < 4.78 is 31.4. The van der Waals surface area contributed by atoms with Crippen LogP contribution < -0.4 is 5.32 Å². The summed E-state index contributed by atoms with van der Waals surface area (Å²) in [6.45, 7) is 3.22. The number of piperazine rings is 1. The Morgan fingerprint density at radius 3 is 2.54 bits per heavy atom. The van der Waals surface area contributed by atoms with Crippen molar-refractivity contribution in [2.45, 2.75) is 37.9 Å². The second-order valence-corrected chi connectivity index (χ2v) is 9.99. The van der Waals surface area contributed by atoms with Gasteiger partial charge in [0.05, 0.1) is 5.69 Å². The number of hydrogen-bond acceptors (Lipinski definition) is 5. The van der Waals surface area contributed by atoms with Gasteiger partial charge in [-0.05, 0) is 37.0 Å². The molecule has 8 nitrogen and oxygen atoms in total. The van der Waals surface area contributed by atoms with Crippen LogP contribution in [0.4, 0.5) is 0 Å². The van der Waals surface area contributed by atoms with Crippen molar-refractivity contribution in [3.05, 3.63) is 18.0 Å². The largest absolute Gasteiger partial charge is 0.364 e. The number of sulfonamides is 1. The molecule has 0 radical (unpaired) electrons. The first-order valence-electron chi connectivity index (χ1n) is 9.85. The predicted molar refractivity (Wildman–Crippen MR) is 118 cm³/mol. The molecule has 0 amide bonds. The number of aliphatic imine (C=N–C) groups is 1. The van der Waals surface area contributed by atoms with Crippen molar-refractivity contribution in [1.29, 1.82) is 0 Å². The molecule has 0 atom stereocenters. The highest BCUT2D eigenvalue weighted by molar-refractivity contribution is 14.0. The van der Waals surface area contributed by atoms with Crippen LogP contribution in [-0.4, -0.2) is 68.5 Å². The maximum absolute atomic E-state index is 12.6. The molecular weight excluding hydrogens is 493 g/mol. The lowest BCUT2D eigenvalue weighted by atomic mass is 9.65. The van der Waals surface area contributed by atoms with Gasteiger partial charge in [-0.1, -0.05) is 11.6 Å². The summed E-state index contributed by atoms with van der Waals surface area (Å²) in [7, 11) is -1.57. The number of aromatic nitrogens is 1. The first kappa shape index (κ1) is 21.8. The zero-order valence-corrected chi connectivity index (χ0v) is 19.5. The Balaban J connectivity index is 0.00000225. The van der Waals surface area contributed by atoms with Gasteiger partial charge in [0, 0.05) is 45.8 Å². The summed E-state index contributed by atoms with van der Waals surface area (Å²) >= 11 is 0. The van der Waals surface area contributed by atoms with Gasteiger partial charge in [0.25, 0.3) is 0 Å². The lowest BCUT2D eigenvalue weighted by Gasteiger charge is -2.44. The molecule has 1 saturated heterocycles. The third-order valence-corrected chi connectivity index (χ3v) is 8.17. The SMILES string of the molecule is CN=C(NCC1(C2CC2)CCC1)N1CCN(S(=O)(=O)Cc2ccon2)CC1.I. The smallest absolute Gasteiger partial charge is 0.220 e. The van der Waals surface area contributed by atoms with Gasteiger partial charge in [0.15, 0.2) is 5.96 Å². The minimum atomic E-state index is -3.37. The van der Waals surface area contributed by atoms with E-state index in [1.54, 1.807) is 17.4 Å². The third-order valence-electron chi connectivity index (χ3n) is 6.36. The molecule has 28 heavy (non-hydrogen) atoms. The molecule has 1 N–H and O–H groups in total. The van der Waals surface area contributed by atoms with Gasteiger partial charge < -0.3 is 14.7 Å². The van der Waals surface area contributed by atoms with E-state index < -0.39 is 10.0 Å². The average Bonchev–Trinajstić information content (AvgIpc) is 3.35. The normalized spacial score (nSPS) is 23.0. The van der Waals surface area contributed by atoms with E-state index in [-0.39, 0.29) is 29.7 Å². The van der Waals surface area contributed by atoms with Gasteiger partial charge in [0.1, 0.15) is 12.0 Å². The Kier molecular flexibility index (Phi) is 6.91. The fraction of sp³-hybridized carbons (Fsp3) is 0.778. The van der Waals surface area contributed by atoms with Crippen LogP contribution in [0.15, 0.2) is 21.8 Å². The van der Waals surface area contributed by atoms with E-state index in [0.717, 1.165) is 18.4 Å². The van der Waals surface area contributed by atoms with Crippen molar-refractivity contribution in [2.24, 2.45) is 16.3 Å². The maximum atomic E-state index is 12.6. The van der Waals surface area contributed by atoms with Gasteiger partial charge in [-0.3, -0.25) is 4.99 Å². The van der Waals surface area contributed by atoms with E-state index in [2.05, 4.69) is 20.4 Å². The lowest BCUT2D eigenvalue weighted by Crippen LogP contribution is -2.55. The van der Waals surface area contributed by atoms with Crippen LogP contribution in [0.5, 0.6) is 0 Å². The Hall–Kier alpha value is -0.880. The van der Waals surface area contributed by atoms with Crippen LogP contribution in [0, 0.1) is 11.3 Å². The zero-order valence-electron chi connectivity index (χ0n) is 16.3.